The van der Waals surface area contributed by atoms with E-state index in [-0.39, 0.29) is 42.3 Å². The van der Waals surface area contributed by atoms with Gasteiger partial charge in [-0.25, -0.2) is 14.0 Å². The average Bonchev–Trinajstić information content (AvgIpc) is 2.81. The minimum absolute atomic E-state index is 0.0278. The second kappa shape index (κ2) is 11.5. The summed E-state index contributed by atoms with van der Waals surface area (Å²) in [6.07, 6.45) is -9.19. The van der Waals surface area contributed by atoms with Gasteiger partial charge in [0.25, 0.3) is 5.91 Å². The van der Waals surface area contributed by atoms with Crippen LogP contribution in [0.5, 0.6) is 0 Å². The van der Waals surface area contributed by atoms with Crippen LogP contribution < -0.4 is 10.2 Å². The van der Waals surface area contributed by atoms with E-state index >= 15 is 0 Å². The van der Waals surface area contributed by atoms with Gasteiger partial charge >= 0.3 is 18.4 Å². The van der Waals surface area contributed by atoms with Gasteiger partial charge in [-0.05, 0) is 64.3 Å². The zero-order valence-electron chi connectivity index (χ0n) is 22.9. The van der Waals surface area contributed by atoms with Crippen molar-refractivity contribution in [3.05, 3.63) is 47.2 Å². The number of ether oxygens (including phenoxy) is 1. The van der Waals surface area contributed by atoms with Gasteiger partial charge in [0.15, 0.2) is 0 Å². The molecule has 1 aromatic heterocycles. The van der Waals surface area contributed by atoms with Crippen molar-refractivity contribution in [3.63, 3.8) is 0 Å². The summed E-state index contributed by atoms with van der Waals surface area (Å²) in [5.41, 5.74) is -2.93. The summed E-state index contributed by atoms with van der Waals surface area (Å²) in [7, 11) is -3.34. The third kappa shape index (κ3) is 8.11. The zero-order chi connectivity index (χ0) is 31.0. The monoisotopic (exact) mass is 608 g/mol. The molecule has 0 radical (unpaired) electrons. The Morgan fingerprint density at radius 2 is 1.71 bits per heavy atom. The fourth-order valence-corrected chi connectivity index (χ4v) is 5.39. The Morgan fingerprint density at radius 3 is 2.24 bits per heavy atom. The maximum atomic E-state index is 13.7. The normalized spacial score (nSPS) is 16.6. The van der Waals surface area contributed by atoms with Crippen molar-refractivity contribution in [2.75, 3.05) is 29.6 Å². The first-order valence-corrected chi connectivity index (χ1v) is 14.4. The van der Waals surface area contributed by atoms with Crippen LogP contribution in [0.2, 0.25) is 0 Å². The second-order valence-electron chi connectivity index (χ2n) is 10.7. The van der Waals surface area contributed by atoms with E-state index in [9.17, 15) is 40.1 Å². The molecule has 0 bridgehead atoms. The molecule has 15 heteroatoms. The molecule has 1 atom stereocenters. The molecule has 2 heterocycles. The maximum absolute atomic E-state index is 13.7. The first-order valence-electron chi connectivity index (χ1n) is 12.4. The van der Waals surface area contributed by atoms with Crippen LogP contribution in [0.25, 0.3) is 0 Å². The number of nitrogens with one attached hydrogen (secondary N) is 1. The topological polar surface area (TPSA) is 101 Å². The second-order valence-corrected chi connectivity index (χ2v) is 12.9. The van der Waals surface area contributed by atoms with Crippen molar-refractivity contribution in [3.8, 4) is 0 Å². The molecule has 1 saturated heterocycles. The van der Waals surface area contributed by atoms with Gasteiger partial charge in [0.1, 0.15) is 11.4 Å². The van der Waals surface area contributed by atoms with Crippen molar-refractivity contribution in [2.24, 2.45) is 10.3 Å². The third-order valence-electron chi connectivity index (χ3n) is 6.28. The minimum Gasteiger partial charge on any atom is -0.442 e. The highest BCUT2D eigenvalue weighted by molar-refractivity contribution is 7.93. The molecule has 0 saturated carbocycles. The van der Waals surface area contributed by atoms with E-state index in [0.717, 1.165) is 6.92 Å². The fourth-order valence-electron chi connectivity index (χ4n) is 4.28. The first kappa shape index (κ1) is 32.2. The number of benzene rings is 1. The lowest BCUT2D eigenvalue weighted by Gasteiger charge is -2.35. The zero-order valence-corrected chi connectivity index (χ0v) is 23.8. The molecular formula is C26H30F6N4O4S. The van der Waals surface area contributed by atoms with Gasteiger partial charge in [0.05, 0.1) is 26.8 Å². The molecule has 1 aromatic carbocycles. The molecule has 0 spiro atoms. The van der Waals surface area contributed by atoms with Crippen LogP contribution in [-0.2, 0) is 20.6 Å². The maximum Gasteiger partial charge on any atom is 0.442 e. The van der Waals surface area contributed by atoms with Crippen LogP contribution in [-0.4, -0.2) is 52.3 Å². The summed E-state index contributed by atoms with van der Waals surface area (Å²) in [6, 6.07) is 5.42. The van der Waals surface area contributed by atoms with Crippen LogP contribution >= 0.6 is 0 Å². The van der Waals surface area contributed by atoms with Crippen LogP contribution in [0.4, 0.5) is 42.6 Å². The molecular weight excluding hydrogens is 578 g/mol. The Labute approximate surface area is 233 Å². The highest BCUT2D eigenvalue weighted by Crippen LogP contribution is 2.39. The number of carbonyl (C=O) groups excluding carboxylic acids is 2. The van der Waals surface area contributed by atoms with Crippen LogP contribution in [0, 0.1) is 12.8 Å². The molecule has 41 heavy (non-hydrogen) atoms. The molecule has 1 aliphatic heterocycles. The number of piperidine rings is 1. The Kier molecular flexibility index (Phi) is 9.01. The van der Waals surface area contributed by atoms with Gasteiger partial charge in [0, 0.05) is 36.1 Å². The number of amides is 2. The summed E-state index contributed by atoms with van der Waals surface area (Å²) in [5.74, 6) is -2.74. The lowest BCUT2D eigenvalue weighted by molar-refractivity contribution is -0.179. The minimum atomic E-state index is -4.84. The molecule has 1 N–H and O–H groups in total. The molecule has 0 unspecified atom stereocenters. The molecule has 226 valence electrons. The number of anilines is 2. The Bertz CT molecular complexity index is 1430. The molecule has 1 aliphatic rings. The van der Waals surface area contributed by atoms with Gasteiger partial charge in [-0.2, -0.15) is 26.3 Å². The fraction of sp³-hybridized carbons (Fsp3) is 0.500. The smallest absolute Gasteiger partial charge is 0.442 e. The van der Waals surface area contributed by atoms with E-state index in [1.165, 1.54) is 35.4 Å². The Balaban J connectivity index is 1.97. The quantitative estimate of drug-likeness (QED) is 0.382. The van der Waals surface area contributed by atoms with Gasteiger partial charge in [-0.1, -0.05) is 6.07 Å². The van der Waals surface area contributed by atoms with Crippen molar-refractivity contribution in [1.29, 1.82) is 0 Å². The number of alkyl halides is 6. The summed E-state index contributed by atoms with van der Waals surface area (Å²) in [6.45, 7) is 5.56. The van der Waals surface area contributed by atoms with E-state index < -0.39 is 62.3 Å². The number of pyridine rings is 1. The van der Waals surface area contributed by atoms with Crippen molar-refractivity contribution in [2.45, 2.75) is 63.4 Å². The predicted octanol–water partition coefficient (Wildman–Crippen LogP) is 6.83. The lowest BCUT2D eigenvalue weighted by atomic mass is 9.95. The molecule has 1 fully saturated rings. The van der Waals surface area contributed by atoms with Crippen LogP contribution in [0.3, 0.4) is 0 Å². The van der Waals surface area contributed by atoms with E-state index in [1.807, 2.05) is 0 Å². The summed E-state index contributed by atoms with van der Waals surface area (Å²) in [4.78, 5) is 30.8. The van der Waals surface area contributed by atoms with E-state index in [2.05, 4.69) is 14.7 Å². The number of halogens is 6. The van der Waals surface area contributed by atoms with Crippen molar-refractivity contribution in [1.82, 2.24) is 4.98 Å². The van der Waals surface area contributed by atoms with Crippen LogP contribution in [0.15, 0.2) is 39.7 Å². The molecule has 8 nitrogen and oxygen atoms in total. The highest BCUT2D eigenvalue weighted by atomic mass is 32.2. The number of nitrogens with zero attached hydrogens (tertiary/aromatic N) is 3. The first-order chi connectivity index (χ1) is 18.7. The standard InChI is InChI=1S/C26H30F6N4O4S/c1-15-19(26(30,31)32)14-33-21(36-11-9-16(10-12-36)25(27,28)29)20(15)22(37)34-17-7-6-8-18(13-17)41(5,39)35-23(38)40-24(2,3)4/h6-8,13-14,16H,9-12H2,1-5H3,(H,34,37)/t41-/m1/s1. The third-order valence-corrected chi connectivity index (χ3v) is 7.91. The predicted molar refractivity (Wildman–Crippen MR) is 140 cm³/mol. The number of rotatable bonds is 4. The molecule has 2 amide bonds. The Hall–Kier alpha value is -3.36. The van der Waals surface area contributed by atoms with Gasteiger partial charge in [0.2, 0.25) is 0 Å². The van der Waals surface area contributed by atoms with Gasteiger partial charge < -0.3 is 15.0 Å². The molecule has 2 aromatic rings. The number of carbonyl (C=O) groups is 2. The molecule has 3 rings (SSSR count). The summed E-state index contributed by atoms with van der Waals surface area (Å²) < 4.78 is 102. The highest BCUT2D eigenvalue weighted by Gasteiger charge is 2.42. The number of aromatic nitrogens is 1. The van der Waals surface area contributed by atoms with E-state index in [0.29, 0.717) is 6.20 Å². The van der Waals surface area contributed by atoms with Gasteiger partial charge in [-0.15, -0.1) is 4.36 Å². The summed E-state index contributed by atoms with van der Waals surface area (Å²) >= 11 is 0. The Morgan fingerprint density at radius 1 is 1.10 bits per heavy atom. The van der Waals surface area contributed by atoms with E-state index in [4.69, 9.17) is 4.74 Å². The number of hydrogen-bond donors (Lipinski definition) is 1. The lowest BCUT2D eigenvalue weighted by Crippen LogP contribution is -2.40. The van der Waals surface area contributed by atoms with Gasteiger partial charge in [-0.3, -0.25) is 4.79 Å². The van der Waals surface area contributed by atoms with Crippen molar-refractivity contribution < 1.29 is 44.9 Å². The SMILES string of the molecule is Cc1c(C(F)(F)F)cnc(N2CCC(C(F)(F)F)CC2)c1C(=O)Nc1cccc([S@@](C)(=O)=NC(=O)OC(C)(C)C)c1. The van der Waals surface area contributed by atoms with E-state index in [1.54, 1.807) is 20.8 Å². The van der Waals surface area contributed by atoms with Crippen molar-refractivity contribution >= 4 is 33.2 Å². The van der Waals surface area contributed by atoms with Crippen LogP contribution in [0.1, 0.15) is 55.1 Å². The largest absolute Gasteiger partial charge is 0.442 e. The number of hydrogen-bond acceptors (Lipinski definition) is 6. The average molecular weight is 609 g/mol. The molecule has 0 aliphatic carbocycles. The summed E-state index contributed by atoms with van der Waals surface area (Å²) in [5, 5.41) is 2.46.